The second-order valence-electron chi connectivity index (χ2n) is 8.29. The Balaban J connectivity index is 0.00000240. The Morgan fingerprint density at radius 2 is 1.93 bits per heavy atom. The lowest BCUT2D eigenvalue weighted by molar-refractivity contribution is -0.143. The Morgan fingerprint density at radius 1 is 1.17 bits per heavy atom. The quantitative estimate of drug-likeness (QED) is 0.799. The third kappa shape index (κ3) is 4.31. The van der Waals surface area contributed by atoms with E-state index in [1.54, 1.807) is 0 Å². The fourth-order valence-corrected chi connectivity index (χ4v) is 4.35. The molecule has 3 aliphatic rings. The van der Waals surface area contributed by atoms with Crippen LogP contribution in [0, 0.1) is 0 Å². The van der Waals surface area contributed by atoms with E-state index < -0.39 is 5.41 Å². The van der Waals surface area contributed by atoms with E-state index in [1.165, 1.54) is 0 Å². The molecule has 0 saturated carbocycles. The number of amides is 2. The van der Waals surface area contributed by atoms with Crippen molar-refractivity contribution >= 4 is 24.2 Å². The maximum Gasteiger partial charge on any atom is 0.236 e. The predicted octanol–water partition coefficient (Wildman–Crippen LogP) is 1.58. The van der Waals surface area contributed by atoms with Crippen LogP contribution in [-0.4, -0.2) is 73.6 Å². The zero-order valence-corrected chi connectivity index (χ0v) is 17.9. The third-order valence-electron chi connectivity index (χ3n) is 6.05. The standard InChI is InChI=1S/C21H29N3O4.ClH/c1-21(2,15-5-6-17-18(12-15)28-11-10-27-17)20(26)23-8-3-4-16(14-23)24-9-7-22-13-19(24)25;/h5-6,12,16,22H,3-4,7-11,13-14H2,1-2H3;1H. The molecule has 0 aliphatic carbocycles. The molecule has 2 fully saturated rings. The van der Waals surface area contributed by atoms with Crippen LogP contribution in [0.1, 0.15) is 32.3 Å². The van der Waals surface area contributed by atoms with Crippen LogP contribution in [0.5, 0.6) is 11.5 Å². The molecule has 1 aromatic carbocycles. The Labute approximate surface area is 178 Å². The summed E-state index contributed by atoms with van der Waals surface area (Å²) in [4.78, 5) is 29.6. The number of piperazine rings is 1. The van der Waals surface area contributed by atoms with Crippen LogP contribution in [-0.2, 0) is 15.0 Å². The van der Waals surface area contributed by atoms with Gasteiger partial charge in [-0.25, -0.2) is 0 Å². The molecule has 2 saturated heterocycles. The van der Waals surface area contributed by atoms with Crippen LogP contribution >= 0.6 is 12.4 Å². The topological polar surface area (TPSA) is 71.1 Å². The van der Waals surface area contributed by atoms with Gasteiger partial charge in [0, 0.05) is 32.2 Å². The van der Waals surface area contributed by atoms with Gasteiger partial charge in [-0.2, -0.15) is 0 Å². The Kier molecular flexibility index (Phi) is 6.58. The van der Waals surface area contributed by atoms with Gasteiger partial charge in [0.05, 0.1) is 12.0 Å². The van der Waals surface area contributed by atoms with Gasteiger partial charge in [-0.3, -0.25) is 9.59 Å². The zero-order valence-electron chi connectivity index (χ0n) is 17.1. The molecule has 1 aromatic rings. The van der Waals surface area contributed by atoms with Crippen molar-refractivity contribution in [3.05, 3.63) is 23.8 Å². The van der Waals surface area contributed by atoms with Crippen LogP contribution < -0.4 is 14.8 Å². The third-order valence-corrected chi connectivity index (χ3v) is 6.05. The molecule has 0 spiro atoms. The van der Waals surface area contributed by atoms with Crippen molar-refractivity contribution in [1.82, 2.24) is 15.1 Å². The van der Waals surface area contributed by atoms with Crippen molar-refractivity contribution in [3.8, 4) is 11.5 Å². The van der Waals surface area contributed by atoms with Crippen molar-refractivity contribution < 1.29 is 19.1 Å². The minimum absolute atomic E-state index is 0. The van der Waals surface area contributed by atoms with Crippen molar-refractivity contribution in [2.45, 2.75) is 38.1 Å². The predicted molar refractivity (Wildman–Crippen MR) is 112 cm³/mol. The molecular formula is C21H30ClN3O4. The van der Waals surface area contributed by atoms with E-state index >= 15 is 0 Å². The lowest BCUT2D eigenvalue weighted by Gasteiger charge is -2.43. The molecule has 3 aliphatic heterocycles. The van der Waals surface area contributed by atoms with Crippen LogP contribution in [0.15, 0.2) is 18.2 Å². The number of likely N-dealkylation sites (tertiary alicyclic amines) is 1. The van der Waals surface area contributed by atoms with Crippen molar-refractivity contribution in [2.75, 3.05) is 45.9 Å². The summed E-state index contributed by atoms with van der Waals surface area (Å²) in [6.45, 7) is 8.28. The Morgan fingerprint density at radius 3 is 2.69 bits per heavy atom. The first-order valence-electron chi connectivity index (χ1n) is 10.2. The second-order valence-corrected chi connectivity index (χ2v) is 8.29. The number of ether oxygens (including phenoxy) is 2. The molecule has 1 atom stereocenters. The number of benzene rings is 1. The molecular weight excluding hydrogens is 394 g/mol. The molecule has 29 heavy (non-hydrogen) atoms. The summed E-state index contributed by atoms with van der Waals surface area (Å²) in [6, 6.07) is 5.88. The van der Waals surface area contributed by atoms with Crippen molar-refractivity contribution in [1.29, 1.82) is 0 Å². The minimum atomic E-state index is -0.675. The van der Waals surface area contributed by atoms with Gasteiger partial charge in [0.1, 0.15) is 13.2 Å². The summed E-state index contributed by atoms with van der Waals surface area (Å²) in [5.41, 5.74) is 0.243. The molecule has 1 N–H and O–H groups in total. The first-order chi connectivity index (χ1) is 13.5. The molecule has 2 amide bonds. The fourth-order valence-electron chi connectivity index (χ4n) is 4.35. The summed E-state index contributed by atoms with van der Waals surface area (Å²) in [5.74, 6) is 1.66. The number of fused-ring (bicyclic) bond motifs is 1. The summed E-state index contributed by atoms with van der Waals surface area (Å²) in [5, 5.41) is 3.11. The van der Waals surface area contributed by atoms with Crippen LogP contribution in [0.4, 0.5) is 0 Å². The largest absolute Gasteiger partial charge is 0.486 e. The van der Waals surface area contributed by atoms with Crippen LogP contribution in [0.3, 0.4) is 0 Å². The molecule has 8 heteroatoms. The summed E-state index contributed by atoms with van der Waals surface area (Å²) in [6.07, 6.45) is 1.88. The Hall–Kier alpha value is -1.99. The number of halogens is 1. The lowest BCUT2D eigenvalue weighted by Crippen LogP contribution is -2.58. The number of carbonyl (C=O) groups excluding carboxylic acids is 2. The normalized spacial score (nSPS) is 22.1. The maximum absolute atomic E-state index is 13.4. The van der Waals surface area contributed by atoms with E-state index in [4.69, 9.17) is 9.47 Å². The number of nitrogens with zero attached hydrogens (tertiary/aromatic N) is 2. The second kappa shape index (κ2) is 8.79. The summed E-state index contributed by atoms with van der Waals surface area (Å²) < 4.78 is 11.3. The van der Waals surface area contributed by atoms with Gasteiger partial charge < -0.3 is 24.6 Å². The van der Waals surface area contributed by atoms with Gasteiger partial charge in [0.2, 0.25) is 11.8 Å². The molecule has 0 aromatic heterocycles. The minimum Gasteiger partial charge on any atom is -0.486 e. The first kappa shape index (κ1) is 21.7. The number of rotatable bonds is 3. The number of hydrogen-bond donors (Lipinski definition) is 1. The average Bonchev–Trinajstić information content (AvgIpc) is 2.73. The molecule has 7 nitrogen and oxygen atoms in total. The van der Waals surface area contributed by atoms with E-state index in [0.29, 0.717) is 32.1 Å². The monoisotopic (exact) mass is 423 g/mol. The lowest BCUT2D eigenvalue weighted by atomic mass is 9.82. The Bertz CT molecular complexity index is 770. The molecule has 1 unspecified atom stereocenters. The molecule has 4 rings (SSSR count). The smallest absolute Gasteiger partial charge is 0.236 e. The SMILES string of the molecule is CC(C)(C(=O)N1CCCC(N2CCNCC2=O)C1)c1ccc2c(c1)OCCO2.Cl. The maximum atomic E-state index is 13.4. The number of carbonyl (C=O) groups is 2. The van der Waals surface area contributed by atoms with Gasteiger partial charge >= 0.3 is 0 Å². The van der Waals surface area contributed by atoms with Gasteiger partial charge in [-0.15, -0.1) is 12.4 Å². The molecule has 3 heterocycles. The van der Waals surface area contributed by atoms with Crippen molar-refractivity contribution in [3.63, 3.8) is 0 Å². The summed E-state index contributed by atoms with van der Waals surface area (Å²) in [7, 11) is 0. The van der Waals surface area contributed by atoms with Gasteiger partial charge in [0.15, 0.2) is 11.5 Å². The van der Waals surface area contributed by atoms with E-state index in [0.717, 1.165) is 43.8 Å². The van der Waals surface area contributed by atoms with Gasteiger partial charge in [-0.1, -0.05) is 6.07 Å². The average molecular weight is 424 g/mol. The van der Waals surface area contributed by atoms with Crippen LogP contribution in [0.2, 0.25) is 0 Å². The highest BCUT2D eigenvalue weighted by atomic mass is 35.5. The molecule has 0 radical (unpaired) electrons. The number of nitrogens with one attached hydrogen (secondary N) is 1. The van der Waals surface area contributed by atoms with Crippen molar-refractivity contribution in [2.24, 2.45) is 0 Å². The van der Waals surface area contributed by atoms with E-state index in [2.05, 4.69) is 5.32 Å². The highest BCUT2D eigenvalue weighted by molar-refractivity contribution is 5.88. The highest BCUT2D eigenvalue weighted by Crippen LogP contribution is 2.36. The number of hydrogen-bond acceptors (Lipinski definition) is 5. The summed E-state index contributed by atoms with van der Waals surface area (Å²) >= 11 is 0. The highest BCUT2D eigenvalue weighted by Gasteiger charge is 2.38. The van der Waals surface area contributed by atoms with Crippen LogP contribution in [0.25, 0.3) is 0 Å². The molecule has 0 bridgehead atoms. The van der Waals surface area contributed by atoms with Gasteiger partial charge in [0.25, 0.3) is 0 Å². The number of piperidine rings is 1. The van der Waals surface area contributed by atoms with E-state index in [9.17, 15) is 9.59 Å². The zero-order chi connectivity index (χ0) is 19.7. The molecule has 160 valence electrons. The fraction of sp³-hybridized carbons (Fsp3) is 0.619. The van der Waals surface area contributed by atoms with E-state index in [-0.39, 0.29) is 30.3 Å². The first-order valence-corrected chi connectivity index (χ1v) is 10.2. The van der Waals surface area contributed by atoms with Gasteiger partial charge in [-0.05, 0) is 44.4 Å². The van der Waals surface area contributed by atoms with E-state index in [1.807, 2.05) is 41.8 Å².